The molecule has 4 aromatic rings. The Hall–Kier alpha value is -7.18. The van der Waals surface area contributed by atoms with Crippen molar-refractivity contribution in [3.63, 3.8) is 0 Å². The van der Waals surface area contributed by atoms with Gasteiger partial charge in [-0.05, 0) is 93.9 Å². The summed E-state index contributed by atoms with van der Waals surface area (Å²) in [5.74, 6) is -4.26. The first kappa shape index (κ1) is 58.5. The molecular weight excluding hydrogens is 996 g/mol. The molecule has 0 spiro atoms. The molecule has 7 amide bonds. The standard InChI is InChI=1S/C59H79FN10O8/c1-11-59(7,8)70-33-41(42-20-14-15-21-47(42)70)31-46-56(76)68(10)49(26-35(2)3)53(73)63-45(30-39-23-24-40-32-61-58(78-34-60)66-43(40)29-39)51(71)62-37(6)55(75)67(9)48-22-13-12-16-25-69(57(48)77)50(27-36(4)5)54(74)64-44(52(72)65-46)28-38-18-17-19-38/h11-15,20-21,23-24,29,32-33,35-38,44-46,48-50H,1,16-19,22,25-28,30-31,34H2,2-10H3,(H,62,71)(H,63,73)(H,64,74)(H,65,72)/b13-12-/t37-,44-,45-,46-,48-,49-,50-/m0/s1. The third-order valence-electron chi connectivity index (χ3n) is 15.6. The number of amides is 7. The lowest BCUT2D eigenvalue weighted by Crippen LogP contribution is -2.61. The number of allylic oxidation sites excluding steroid dienone is 1. The summed E-state index contributed by atoms with van der Waals surface area (Å²) < 4.78 is 20.1. The number of benzene rings is 2. The number of aromatic nitrogens is 3. The number of fused-ring (bicyclic) bond motifs is 4. The van der Waals surface area contributed by atoms with Crippen LogP contribution in [0.1, 0.15) is 111 Å². The Morgan fingerprint density at radius 3 is 2.14 bits per heavy atom. The van der Waals surface area contributed by atoms with Crippen LogP contribution in [-0.2, 0) is 51.9 Å². The van der Waals surface area contributed by atoms with E-state index in [9.17, 15) is 18.8 Å². The lowest BCUT2D eigenvalue weighted by molar-refractivity contribution is -0.150. The van der Waals surface area contributed by atoms with Crippen LogP contribution in [0.25, 0.3) is 21.8 Å². The summed E-state index contributed by atoms with van der Waals surface area (Å²) in [5, 5.41) is 13.3. The van der Waals surface area contributed by atoms with Gasteiger partial charge in [-0.15, -0.1) is 6.58 Å². The first-order valence-corrected chi connectivity index (χ1v) is 27.5. The van der Waals surface area contributed by atoms with E-state index in [4.69, 9.17) is 4.74 Å². The van der Waals surface area contributed by atoms with E-state index in [1.165, 1.54) is 41.9 Å². The van der Waals surface area contributed by atoms with E-state index in [1.54, 1.807) is 18.2 Å². The van der Waals surface area contributed by atoms with E-state index in [0.29, 0.717) is 29.3 Å². The number of rotatable bonds is 14. The van der Waals surface area contributed by atoms with Crippen molar-refractivity contribution >= 4 is 63.2 Å². The van der Waals surface area contributed by atoms with Crippen molar-refractivity contribution < 1.29 is 42.7 Å². The summed E-state index contributed by atoms with van der Waals surface area (Å²) in [4.78, 5) is 118. The zero-order valence-corrected chi connectivity index (χ0v) is 46.7. The highest BCUT2D eigenvalue weighted by atomic mass is 19.1. The third-order valence-corrected chi connectivity index (χ3v) is 15.6. The van der Waals surface area contributed by atoms with Gasteiger partial charge in [0.1, 0.15) is 42.3 Å². The van der Waals surface area contributed by atoms with Crippen molar-refractivity contribution in [1.82, 2.24) is 50.5 Å². The van der Waals surface area contributed by atoms with E-state index < -0.39 is 96.0 Å². The molecule has 2 bridgehead atoms. The highest BCUT2D eigenvalue weighted by Crippen LogP contribution is 2.33. The van der Waals surface area contributed by atoms with Crippen LogP contribution in [0.4, 0.5) is 4.39 Å². The van der Waals surface area contributed by atoms with E-state index in [1.807, 2.05) is 90.2 Å². The third kappa shape index (κ3) is 13.7. The van der Waals surface area contributed by atoms with Crippen LogP contribution in [0.15, 0.2) is 79.7 Å². The lowest BCUT2D eigenvalue weighted by atomic mass is 9.80. The maximum absolute atomic E-state index is 15.5. The summed E-state index contributed by atoms with van der Waals surface area (Å²) in [6, 6.07) is 4.48. The fourth-order valence-electron chi connectivity index (χ4n) is 10.8. The SMILES string of the molecule is C=CC(C)(C)n1cc(C[C@@H]2NC(=O)[C@H](CC3CCC3)NC(=O)[C@H](CC(C)C)N3CC/C=C\C[C@@H](C3=O)N(C)C(=O)[C@H](C)NC(=O)[C@H](Cc3ccc4cnc(OCF)nc4c3)NC(=O)[C@H](CC(C)C)N(C)C2=O)c2ccccc21. The Balaban J connectivity index is 1.36. The largest absolute Gasteiger partial charge is 0.431 e. The Morgan fingerprint density at radius 2 is 1.46 bits per heavy atom. The van der Waals surface area contributed by atoms with Gasteiger partial charge in [0, 0.05) is 62.2 Å². The van der Waals surface area contributed by atoms with Crippen LogP contribution in [-0.4, -0.2) is 140 Å². The minimum absolute atomic E-state index is 0.00299. The summed E-state index contributed by atoms with van der Waals surface area (Å²) >= 11 is 0. The van der Waals surface area contributed by atoms with Gasteiger partial charge in [0.15, 0.2) is 0 Å². The molecule has 2 fully saturated rings. The van der Waals surface area contributed by atoms with Gasteiger partial charge in [-0.2, -0.15) is 4.98 Å². The molecule has 2 aromatic heterocycles. The van der Waals surface area contributed by atoms with Gasteiger partial charge >= 0.3 is 6.01 Å². The molecule has 0 radical (unpaired) electrons. The first-order chi connectivity index (χ1) is 37.1. The van der Waals surface area contributed by atoms with Crippen LogP contribution in [0.5, 0.6) is 6.01 Å². The van der Waals surface area contributed by atoms with Crippen molar-refractivity contribution in [3.05, 3.63) is 90.8 Å². The molecule has 7 atom stereocenters. The smallest absolute Gasteiger partial charge is 0.319 e. The molecule has 2 aliphatic heterocycles. The molecule has 3 aliphatic rings. The van der Waals surface area contributed by atoms with E-state index in [2.05, 4.69) is 42.4 Å². The zero-order valence-electron chi connectivity index (χ0n) is 46.7. The number of carbonyl (C=O) groups excluding carboxylic acids is 7. The van der Waals surface area contributed by atoms with Crippen molar-refractivity contribution in [2.75, 3.05) is 27.5 Å². The number of ether oxygens (including phenoxy) is 1. The number of nitrogens with one attached hydrogen (secondary N) is 4. The number of carbonyl (C=O) groups is 7. The van der Waals surface area contributed by atoms with Gasteiger partial charge < -0.3 is 45.3 Å². The van der Waals surface area contributed by atoms with Gasteiger partial charge in [0.05, 0.1) is 11.1 Å². The molecule has 4 heterocycles. The molecule has 4 N–H and O–H groups in total. The average Bonchev–Trinajstić information content (AvgIpc) is 3.82. The Labute approximate surface area is 457 Å². The van der Waals surface area contributed by atoms with Gasteiger partial charge in [-0.1, -0.05) is 95.5 Å². The molecule has 420 valence electrons. The Kier molecular flexibility index (Phi) is 19.1. The van der Waals surface area contributed by atoms with Gasteiger partial charge in [-0.3, -0.25) is 33.6 Å². The van der Waals surface area contributed by atoms with Crippen molar-refractivity contribution in [2.24, 2.45) is 17.8 Å². The molecule has 1 saturated heterocycles. The Morgan fingerprint density at radius 1 is 0.795 bits per heavy atom. The number of halogens is 1. The topological polar surface area (TPSA) is 217 Å². The van der Waals surface area contributed by atoms with E-state index in [-0.39, 0.29) is 62.4 Å². The highest BCUT2D eigenvalue weighted by Gasteiger charge is 2.42. The lowest BCUT2D eigenvalue weighted by Gasteiger charge is -2.39. The zero-order chi connectivity index (χ0) is 56.6. The molecule has 18 nitrogen and oxygen atoms in total. The summed E-state index contributed by atoms with van der Waals surface area (Å²) in [5.41, 5.74) is 1.98. The van der Waals surface area contributed by atoms with Crippen LogP contribution < -0.4 is 26.0 Å². The summed E-state index contributed by atoms with van der Waals surface area (Å²) in [6.07, 6.45) is 12.8. The van der Waals surface area contributed by atoms with Gasteiger partial charge in [0.25, 0.3) is 0 Å². The van der Waals surface area contributed by atoms with Gasteiger partial charge in [0.2, 0.25) is 48.2 Å². The molecule has 1 aliphatic carbocycles. The maximum Gasteiger partial charge on any atom is 0.319 e. The molecule has 1 saturated carbocycles. The summed E-state index contributed by atoms with van der Waals surface area (Å²) in [6.45, 7) is 16.3. The number of hydrogen-bond acceptors (Lipinski definition) is 10. The fourth-order valence-corrected chi connectivity index (χ4v) is 10.8. The second kappa shape index (κ2) is 25.5. The first-order valence-electron chi connectivity index (χ1n) is 27.5. The van der Waals surface area contributed by atoms with Crippen LogP contribution in [0.3, 0.4) is 0 Å². The van der Waals surface area contributed by atoms with Crippen molar-refractivity contribution in [2.45, 2.75) is 161 Å². The second-order valence-electron chi connectivity index (χ2n) is 22.8. The minimum atomic E-state index is -1.34. The number of alkyl halides is 1. The molecule has 2 aromatic carbocycles. The normalized spacial score (nSPS) is 24.5. The number of likely N-dealkylation sites (N-methyl/N-ethyl adjacent to an activating group) is 2. The van der Waals surface area contributed by atoms with Crippen LogP contribution >= 0.6 is 0 Å². The number of para-hydroxylation sites is 1. The molecular formula is C59H79FN10O8. The number of hydrogen-bond donors (Lipinski definition) is 4. The molecule has 0 unspecified atom stereocenters. The van der Waals surface area contributed by atoms with Crippen molar-refractivity contribution in [3.8, 4) is 6.01 Å². The monoisotopic (exact) mass is 1070 g/mol. The average molecular weight is 1080 g/mol. The van der Waals surface area contributed by atoms with E-state index >= 15 is 19.2 Å². The van der Waals surface area contributed by atoms with Crippen LogP contribution in [0, 0.1) is 17.8 Å². The predicted molar refractivity (Wildman–Crippen MR) is 296 cm³/mol. The maximum atomic E-state index is 15.5. The molecule has 78 heavy (non-hydrogen) atoms. The quantitative estimate of drug-likeness (QED) is 0.107. The number of nitrogens with zero attached hydrogens (tertiary/aromatic N) is 6. The van der Waals surface area contributed by atoms with Crippen LogP contribution in [0.2, 0.25) is 0 Å². The second-order valence-corrected chi connectivity index (χ2v) is 22.8. The molecule has 19 heteroatoms. The van der Waals surface area contributed by atoms with Crippen molar-refractivity contribution in [1.29, 1.82) is 0 Å². The fraction of sp³-hybridized carbons (Fsp3) is 0.542. The van der Waals surface area contributed by atoms with Gasteiger partial charge in [-0.25, -0.2) is 9.37 Å². The molecule has 7 rings (SSSR count). The van der Waals surface area contributed by atoms with E-state index in [0.717, 1.165) is 35.7 Å². The minimum Gasteiger partial charge on any atom is -0.431 e. The highest BCUT2D eigenvalue weighted by molar-refractivity contribution is 5.99. The Bertz CT molecular complexity index is 2900. The summed E-state index contributed by atoms with van der Waals surface area (Å²) in [7, 11) is 3.00. The predicted octanol–water partition coefficient (Wildman–Crippen LogP) is 6.05.